The first-order valence-electron chi connectivity index (χ1n) is 9.61. The Morgan fingerprint density at radius 1 is 1.16 bits per heavy atom. The van der Waals surface area contributed by atoms with Gasteiger partial charge in [-0.25, -0.2) is 13.2 Å². The van der Waals surface area contributed by atoms with Crippen molar-refractivity contribution in [3.63, 3.8) is 0 Å². The predicted molar refractivity (Wildman–Crippen MR) is 113 cm³/mol. The van der Waals surface area contributed by atoms with E-state index in [0.29, 0.717) is 23.8 Å². The van der Waals surface area contributed by atoms with Crippen LogP contribution in [0.15, 0.2) is 53.4 Å². The highest BCUT2D eigenvalue weighted by atomic mass is 32.2. The van der Waals surface area contributed by atoms with Gasteiger partial charge in [-0.05, 0) is 43.3 Å². The first-order chi connectivity index (χ1) is 14.8. The van der Waals surface area contributed by atoms with Gasteiger partial charge < -0.3 is 19.1 Å². The molecule has 1 aliphatic rings. The number of ether oxygens (including phenoxy) is 3. The number of amides is 1. The van der Waals surface area contributed by atoms with Crippen molar-refractivity contribution in [3.8, 4) is 11.5 Å². The lowest BCUT2D eigenvalue weighted by Gasteiger charge is -2.34. The number of fused-ring (bicyclic) bond motifs is 1. The fourth-order valence-corrected chi connectivity index (χ4v) is 4.26. The fourth-order valence-electron chi connectivity index (χ4n) is 3.14. The Labute approximate surface area is 181 Å². The van der Waals surface area contributed by atoms with Crippen molar-refractivity contribution < 1.29 is 32.2 Å². The van der Waals surface area contributed by atoms with E-state index in [-0.39, 0.29) is 11.4 Å². The smallest absolute Gasteiger partial charge is 0.348 e. The first kappa shape index (κ1) is 22.6. The minimum Gasteiger partial charge on any atom is -0.494 e. The maximum Gasteiger partial charge on any atom is 0.348 e. The topological polar surface area (TPSA) is 102 Å². The number of carbonyl (C=O) groups is 2. The molecule has 0 aromatic heterocycles. The molecule has 2 aromatic rings. The molecular weight excluding hydrogens is 424 g/mol. The number of anilines is 1. The SMILES string of the molecule is CCOc1ccc(S(=O)(=O)N(C)CC(=O)N2CC(C(=O)OC)Oc3ccccc32)cc1. The average molecular weight is 448 g/mol. The molecule has 166 valence electrons. The van der Waals surface area contributed by atoms with Gasteiger partial charge in [0.15, 0.2) is 0 Å². The summed E-state index contributed by atoms with van der Waals surface area (Å²) in [6.07, 6.45) is -1.00. The molecule has 0 saturated carbocycles. The maximum atomic E-state index is 13.0. The van der Waals surface area contributed by atoms with E-state index in [1.54, 1.807) is 36.4 Å². The minimum absolute atomic E-state index is 0.0427. The molecule has 0 saturated heterocycles. The molecule has 0 N–H and O–H groups in total. The Kier molecular flexibility index (Phi) is 6.81. The Balaban J connectivity index is 1.80. The molecule has 1 amide bonds. The third-order valence-electron chi connectivity index (χ3n) is 4.74. The number of sulfonamides is 1. The summed E-state index contributed by atoms with van der Waals surface area (Å²) in [7, 11) is -1.35. The minimum atomic E-state index is -3.91. The number of rotatable bonds is 7. The number of nitrogens with zero attached hydrogens (tertiary/aromatic N) is 2. The molecule has 1 unspecified atom stereocenters. The lowest BCUT2D eigenvalue weighted by atomic mass is 10.2. The number of carbonyl (C=O) groups excluding carboxylic acids is 2. The molecule has 1 heterocycles. The van der Waals surface area contributed by atoms with Gasteiger partial charge in [0.2, 0.25) is 22.0 Å². The third kappa shape index (κ3) is 4.80. The molecule has 1 atom stereocenters. The van der Waals surface area contributed by atoms with Crippen LogP contribution in [0.4, 0.5) is 5.69 Å². The van der Waals surface area contributed by atoms with Crippen LogP contribution >= 0.6 is 0 Å². The van der Waals surface area contributed by atoms with Gasteiger partial charge in [-0.1, -0.05) is 12.1 Å². The summed E-state index contributed by atoms with van der Waals surface area (Å²) in [5.41, 5.74) is 0.458. The Morgan fingerprint density at radius 2 is 1.84 bits per heavy atom. The molecular formula is C21H24N2O7S. The lowest BCUT2D eigenvalue weighted by molar-refractivity contribution is -0.148. The summed E-state index contributed by atoms with van der Waals surface area (Å²) < 4.78 is 42.5. The van der Waals surface area contributed by atoms with Crippen LogP contribution in [0.2, 0.25) is 0 Å². The number of hydrogen-bond acceptors (Lipinski definition) is 7. The van der Waals surface area contributed by atoms with Crippen molar-refractivity contribution in [2.24, 2.45) is 0 Å². The van der Waals surface area contributed by atoms with Gasteiger partial charge in [-0.15, -0.1) is 0 Å². The lowest BCUT2D eigenvalue weighted by Crippen LogP contribution is -2.50. The molecule has 2 aromatic carbocycles. The van der Waals surface area contributed by atoms with E-state index >= 15 is 0 Å². The van der Waals surface area contributed by atoms with Crippen LogP contribution in [0.25, 0.3) is 0 Å². The van der Waals surface area contributed by atoms with Gasteiger partial charge >= 0.3 is 5.97 Å². The van der Waals surface area contributed by atoms with Gasteiger partial charge in [-0.3, -0.25) is 4.79 Å². The zero-order valence-electron chi connectivity index (χ0n) is 17.5. The standard InChI is InChI=1S/C21H24N2O7S/c1-4-29-15-9-11-16(12-10-15)31(26,27)22(2)14-20(24)23-13-19(21(25)28-3)30-18-8-6-5-7-17(18)23/h5-12,19H,4,13-14H2,1-3H3. The van der Waals surface area contributed by atoms with Crippen molar-refractivity contribution in [3.05, 3.63) is 48.5 Å². The van der Waals surface area contributed by atoms with E-state index in [9.17, 15) is 18.0 Å². The third-order valence-corrected chi connectivity index (χ3v) is 6.56. The van der Waals surface area contributed by atoms with Crippen molar-refractivity contribution in [1.29, 1.82) is 0 Å². The van der Waals surface area contributed by atoms with Crippen LogP contribution in [0.5, 0.6) is 11.5 Å². The van der Waals surface area contributed by atoms with Gasteiger partial charge in [0, 0.05) is 7.05 Å². The van der Waals surface area contributed by atoms with Crippen LogP contribution in [-0.4, -0.2) is 64.6 Å². The van der Waals surface area contributed by atoms with Crippen LogP contribution in [-0.2, 0) is 24.3 Å². The summed E-state index contributed by atoms with van der Waals surface area (Å²) in [4.78, 5) is 26.4. The van der Waals surface area contributed by atoms with Gasteiger partial charge in [-0.2, -0.15) is 4.31 Å². The summed E-state index contributed by atoms with van der Waals surface area (Å²) in [5, 5.41) is 0. The summed E-state index contributed by atoms with van der Waals surface area (Å²) in [6.45, 7) is 1.80. The van der Waals surface area contributed by atoms with Crippen LogP contribution in [0.1, 0.15) is 6.92 Å². The van der Waals surface area contributed by atoms with Crippen molar-refractivity contribution >= 4 is 27.6 Å². The highest BCUT2D eigenvalue weighted by Crippen LogP contribution is 2.33. The van der Waals surface area contributed by atoms with Gasteiger partial charge in [0.1, 0.15) is 11.5 Å². The first-order valence-corrected chi connectivity index (χ1v) is 11.0. The van der Waals surface area contributed by atoms with Crippen LogP contribution in [0, 0.1) is 0 Å². The molecule has 9 nitrogen and oxygen atoms in total. The largest absolute Gasteiger partial charge is 0.494 e. The highest BCUT2D eigenvalue weighted by molar-refractivity contribution is 7.89. The molecule has 0 spiro atoms. The number of methoxy groups -OCH3 is 1. The van der Waals surface area contributed by atoms with Crippen molar-refractivity contribution in [2.45, 2.75) is 17.9 Å². The average Bonchev–Trinajstić information content (AvgIpc) is 2.78. The molecule has 0 radical (unpaired) electrons. The normalized spacial score (nSPS) is 15.7. The van der Waals surface area contributed by atoms with E-state index in [0.717, 1.165) is 4.31 Å². The second-order valence-corrected chi connectivity index (χ2v) is 8.81. The van der Waals surface area contributed by atoms with E-state index in [2.05, 4.69) is 0 Å². The monoisotopic (exact) mass is 448 g/mol. The number of esters is 1. The zero-order valence-corrected chi connectivity index (χ0v) is 18.3. The fraction of sp³-hybridized carbons (Fsp3) is 0.333. The van der Waals surface area contributed by atoms with Gasteiger partial charge in [0.25, 0.3) is 0 Å². The molecule has 1 aliphatic heterocycles. The molecule has 3 rings (SSSR count). The zero-order chi connectivity index (χ0) is 22.6. The molecule has 31 heavy (non-hydrogen) atoms. The second-order valence-electron chi connectivity index (χ2n) is 6.77. The van der Waals surface area contributed by atoms with E-state index < -0.39 is 34.5 Å². The number of hydrogen-bond donors (Lipinski definition) is 0. The number of likely N-dealkylation sites (N-methyl/N-ethyl adjacent to an activating group) is 1. The summed E-state index contributed by atoms with van der Waals surface area (Å²) in [5.74, 6) is -0.224. The van der Waals surface area contributed by atoms with Crippen LogP contribution < -0.4 is 14.4 Å². The summed E-state index contributed by atoms with van der Waals surface area (Å²) >= 11 is 0. The van der Waals surface area contributed by atoms with Gasteiger partial charge in [0.05, 0.1) is 37.4 Å². The molecule has 0 aliphatic carbocycles. The Morgan fingerprint density at radius 3 is 2.48 bits per heavy atom. The summed E-state index contributed by atoms with van der Waals surface area (Å²) in [6, 6.07) is 12.7. The van der Waals surface area contributed by atoms with Crippen molar-refractivity contribution in [2.75, 3.05) is 38.8 Å². The number of para-hydroxylation sites is 2. The van der Waals surface area contributed by atoms with E-state index in [4.69, 9.17) is 14.2 Å². The molecule has 0 bridgehead atoms. The molecule has 10 heteroatoms. The highest BCUT2D eigenvalue weighted by Gasteiger charge is 2.35. The Bertz CT molecular complexity index is 1050. The molecule has 0 fully saturated rings. The second kappa shape index (κ2) is 9.36. The quantitative estimate of drug-likeness (QED) is 0.594. The van der Waals surface area contributed by atoms with E-state index in [1.807, 2.05) is 6.92 Å². The van der Waals surface area contributed by atoms with Crippen LogP contribution in [0.3, 0.4) is 0 Å². The number of benzene rings is 2. The van der Waals surface area contributed by atoms with Crippen molar-refractivity contribution in [1.82, 2.24) is 4.31 Å². The Hall–Kier alpha value is -3.11. The van der Waals surface area contributed by atoms with E-state index in [1.165, 1.54) is 31.2 Å². The predicted octanol–water partition coefficient (Wildman–Crippen LogP) is 1.67. The maximum absolute atomic E-state index is 13.0.